The van der Waals surface area contributed by atoms with Gasteiger partial charge in [-0.25, -0.2) is 13.2 Å². The first-order valence-corrected chi connectivity index (χ1v) is 10.0. The number of ether oxygens (including phenoxy) is 1. The van der Waals surface area contributed by atoms with Gasteiger partial charge < -0.3 is 15.2 Å². The van der Waals surface area contributed by atoms with Crippen molar-refractivity contribution < 1.29 is 27.9 Å². The Kier molecular flexibility index (Phi) is 7.60. The number of nitrogens with one attached hydrogen (secondary N) is 1. The van der Waals surface area contributed by atoms with Gasteiger partial charge in [0.15, 0.2) is 0 Å². The number of carboxylic acid groups (broad SMARTS) is 1. The Labute approximate surface area is 171 Å². The molecule has 0 heterocycles. The van der Waals surface area contributed by atoms with E-state index in [2.05, 4.69) is 5.32 Å². The second-order valence-corrected chi connectivity index (χ2v) is 7.40. The second kappa shape index (κ2) is 9.92. The normalized spacial score (nSPS) is 12.8. The van der Waals surface area contributed by atoms with E-state index in [4.69, 9.17) is 4.74 Å². The van der Waals surface area contributed by atoms with Crippen LogP contribution in [0.2, 0.25) is 0 Å². The van der Waals surface area contributed by atoms with Crippen LogP contribution in [0.25, 0.3) is 0 Å². The summed E-state index contributed by atoms with van der Waals surface area (Å²) >= 11 is 0. The molecule has 2 aromatic carbocycles. The highest BCUT2D eigenvalue weighted by atomic mass is 32.2. The average molecular weight is 420 g/mol. The fourth-order valence-electron chi connectivity index (χ4n) is 2.86. The smallest absolute Gasteiger partial charge is 0.326 e. The van der Waals surface area contributed by atoms with E-state index in [0.29, 0.717) is 22.6 Å². The van der Waals surface area contributed by atoms with Crippen molar-refractivity contribution in [1.29, 1.82) is 0 Å². The summed E-state index contributed by atoms with van der Waals surface area (Å²) in [6, 6.07) is 11.2. The zero-order valence-corrected chi connectivity index (χ0v) is 17.3. The molecule has 1 amide bonds. The maximum Gasteiger partial charge on any atom is 0.326 e. The highest BCUT2D eigenvalue weighted by molar-refractivity contribution is 7.74. The zero-order valence-electron chi connectivity index (χ0n) is 16.4. The minimum absolute atomic E-state index is 0.0473. The summed E-state index contributed by atoms with van der Waals surface area (Å²) in [6.45, 7) is 3.15. The molecule has 0 bridgehead atoms. The summed E-state index contributed by atoms with van der Waals surface area (Å²) in [6.07, 6.45) is 0.0473. The van der Waals surface area contributed by atoms with E-state index in [1.165, 1.54) is 14.0 Å². The summed E-state index contributed by atoms with van der Waals surface area (Å²) in [4.78, 5) is 24.3. The molecule has 2 aromatic rings. The minimum atomic E-state index is -3.11. The SMILES string of the molecule is COc1ccc(C[C@H](NC(=O)[C@H](C)N(c2ccccc2C)[SH](=O)=O)C(=O)O)cc1. The number of nitrogens with zero attached hydrogens (tertiary/aromatic N) is 1. The quantitative estimate of drug-likeness (QED) is 0.531. The number of methoxy groups -OCH3 is 1. The van der Waals surface area contributed by atoms with E-state index >= 15 is 0 Å². The first kappa shape index (κ1) is 22.2. The molecule has 0 aromatic heterocycles. The van der Waals surface area contributed by atoms with Crippen molar-refractivity contribution in [2.45, 2.75) is 32.4 Å². The Morgan fingerprint density at radius 3 is 2.28 bits per heavy atom. The molecule has 2 atom stereocenters. The molecule has 0 unspecified atom stereocenters. The fraction of sp³-hybridized carbons (Fsp3) is 0.300. The standard InChI is InChI=1S/C20H24N2O6S/c1-13-6-4-5-7-18(13)22(29(26)27)14(2)19(23)21-17(20(24)25)12-15-8-10-16(28-3)11-9-15/h4-11,14,17,29H,12H2,1-3H3,(H,21,23)(H,24,25)/t14-,17-/m0/s1. The van der Waals surface area contributed by atoms with Crippen LogP contribution in [-0.4, -0.2) is 44.6 Å². The van der Waals surface area contributed by atoms with Gasteiger partial charge in [-0.05, 0) is 43.2 Å². The number of thiol groups is 1. The lowest BCUT2D eigenvalue weighted by atomic mass is 10.1. The van der Waals surface area contributed by atoms with Gasteiger partial charge in [-0.1, -0.05) is 30.3 Å². The van der Waals surface area contributed by atoms with Crippen LogP contribution in [0.1, 0.15) is 18.1 Å². The number of amides is 1. The van der Waals surface area contributed by atoms with Crippen LogP contribution in [0.15, 0.2) is 48.5 Å². The number of aryl methyl sites for hydroxylation is 1. The van der Waals surface area contributed by atoms with Crippen molar-refractivity contribution >= 4 is 28.5 Å². The third kappa shape index (κ3) is 5.71. The molecule has 0 aliphatic rings. The largest absolute Gasteiger partial charge is 0.497 e. The number of para-hydroxylation sites is 1. The molecule has 8 nitrogen and oxygen atoms in total. The van der Waals surface area contributed by atoms with Gasteiger partial charge in [0.1, 0.15) is 17.8 Å². The van der Waals surface area contributed by atoms with Crippen LogP contribution in [0, 0.1) is 6.92 Å². The van der Waals surface area contributed by atoms with Crippen LogP contribution >= 0.6 is 0 Å². The molecule has 9 heteroatoms. The molecular weight excluding hydrogens is 396 g/mol. The third-order valence-corrected chi connectivity index (χ3v) is 5.41. The van der Waals surface area contributed by atoms with E-state index in [1.807, 2.05) is 0 Å². The summed E-state index contributed by atoms with van der Waals surface area (Å²) < 4.78 is 29.7. The predicted molar refractivity (Wildman–Crippen MR) is 110 cm³/mol. The van der Waals surface area contributed by atoms with E-state index in [0.717, 1.165) is 4.31 Å². The Bertz CT molecular complexity index is 934. The number of carbonyl (C=O) groups excluding carboxylic acids is 1. The lowest BCUT2D eigenvalue weighted by Crippen LogP contribution is -2.51. The van der Waals surface area contributed by atoms with Gasteiger partial charge in [0.05, 0.1) is 12.8 Å². The summed E-state index contributed by atoms with van der Waals surface area (Å²) in [5, 5.41) is 11.9. The lowest BCUT2D eigenvalue weighted by molar-refractivity contribution is -0.141. The number of carbonyl (C=O) groups is 2. The number of aliphatic carboxylic acids is 1. The minimum Gasteiger partial charge on any atom is -0.497 e. The lowest BCUT2D eigenvalue weighted by Gasteiger charge is -2.27. The van der Waals surface area contributed by atoms with Gasteiger partial charge in [0, 0.05) is 6.42 Å². The average Bonchev–Trinajstić information content (AvgIpc) is 2.69. The number of hydrogen-bond acceptors (Lipinski definition) is 5. The topological polar surface area (TPSA) is 113 Å². The molecule has 0 aliphatic heterocycles. The van der Waals surface area contributed by atoms with Gasteiger partial charge in [0.25, 0.3) is 0 Å². The Morgan fingerprint density at radius 1 is 1.14 bits per heavy atom. The summed E-state index contributed by atoms with van der Waals surface area (Å²) in [7, 11) is -1.59. The molecular formula is C20H24N2O6S. The molecule has 0 aliphatic carbocycles. The van der Waals surface area contributed by atoms with Crippen LogP contribution < -0.4 is 14.4 Å². The van der Waals surface area contributed by atoms with Crippen molar-refractivity contribution in [2.24, 2.45) is 0 Å². The molecule has 2 rings (SSSR count). The fourth-order valence-corrected chi connectivity index (χ4v) is 3.65. The maximum atomic E-state index is 12.7. The summed E-state index contributed by atoms with van der Waals surface area (Å²) in [5.41, 5.74) is 1.74. The highest BCUT2D eigenvalue weighted by Gasteiger charge is 2.29. The molecule has 0 spiro atoms. The van der Waals surface area contributed by atoms with Gasteiger partial charge in [-0.15, -0.1) is 0 Å². The molecule has 0 saturated carbocycles. The van der Waals surface area contributed by atoms with Gasteiger partial charge >= 0.3 is 5.97 Å². The van der Waals surface area contributed by atoms with E-state index in [1.54, 1.807) is 55.5 Å². The van der Waals surface area contributed by atoms with Crippen LogP contribution in [0.4, 0.5) is 5.69 Å². The maximum absolute atomic E-state index is 12.7. The summed E-state index contributed by atoms with van der Waals surface area (Å²) in [5.74, 6) is -1.28. The molecule has 0 radical (unpaired) electrons. The predicted octanol–water partition coefficient (Wildman–Crippen LogP) is 1.54. The first-order chi connectivity index (χ1) is 13.7. The van der Waals surface area contributed by atoms with Gasteiger partial charge in [-0.2, -0.15) is 0 Å². The van der Waals surface area contributed by atoms with Gasteiger partial charge in [-0.3, -0.25) is 9.10 Å². The number of benzene rings is 2. The molecule has 156 valence electrons. The van der Waals surface area contributed by atoms with E-state index < -0.39 is 34.9 Å². The van der Waals surface area contributed by atoms with Crippen molar-refractivity contribution in [3.8, 4) is 5.75 Å². The monoisotopic (exact) mass is 420 g/mol. The molecule has 29 heavy (non-hydrogen) atoms. The molecule has 0 fully saturated rings. The van der Waals surface area contributed by atoms with Crippen molar-refractivity contribution in [3.63, 3.8) is 0 Å². The molecule has 0 saturated heterocycles. The third-order valence-electron chi connectivity index (χ3n) is 4.50. The number of rotatable bonds is 9. The molecule has 2 N–H and O–H groups in total. The van der Waals surface area contributed by atoms with Crippen LogP contribution in [0.5, 0.6) is 5.75 Å². The number of carboxylic acids is 1. The van der Waals surface area contributed by atoms with Crippen molar-refractivity contribution in [2.75, 3.05) is 11.4 Å². The van der Waals surface area contributed by atoms with E-state index in [9.17, 15) is 23.1 Å². The van der Waals surface area contributed by atoms with Gasteiger partial charge in [0.2, 0.25) is 16.8 Å². The highest BCUT2D eigenvalue weighted by Crippen LogP contribution is 2.22. The van der Waals surface area contributed by atoms with Crippen molar-refractivity contribution in [1.82, 2.24) is 5.32 Å². The number of anilines is 1. The Morgan fingerprint density at radius 2 is 1.76 bits per heavy atom. The Hall–Kier alpha value is -3.07. The second-order valence-electron chi connectivity index (χ2n) is 6.50. The van der Waals surface area contributed by atoms with Crippen LogP contribution in [-0.2, 0) is 26.9 Å². The number of hydrogen-bond donors (Lipinski definition) is 3. The van der Waals surface area contributed by atoms with Crippen LogP contribution in [0.3, 0.4) is 0 Å². The van der Waals surface area contributed by atoms with E-state index in [-0.39, 0.29) is 6.42 Å². The van der Waals surface area contributed by atoms with Crippen molar-refractivity contribution in [3.05, 3.63) is 59.7 Å². The first-order valence-electron chi connectivity index (χ1n) is 8.90. The Balaban J connectivity index is 2.18. The zero-order chi connectivity index (χ0) is 21.6.